The lowest BCUT2D eigenvalue weighted by atomic mass is 10.2. The predicted molar refractivity (Wildman–Crippen MR) is 84.2 cm³/mol. The van der Waals surface area contributed by atoms with Crippen molar-refractivity contribution in [2.75, 3.05) is 17.3 Å². The van der Waals surface area contributed by atoms with Gasteiger partial charge in [-0.2, -0.15) is 11.8 Å². The highest BCUT2D eigenvalue weighted by atomic mass is 35.5. The Hall–Kier alpha value is -0.820. The van der Waals surface area contributed by atoms with Crippen LogP contribution in [-0.4, -0.2) is 28.9 Å². The number of thioether (sulfide) groups is 1. The van der Waals surface area contributed by atoms with Gasteiger partial charge in [0.2, 0.25) is 5.91 Å². The third-order valence-corrected chi connectivity index (χ3v) is 4.42. The van der Waals surface area contributed by atoms with Gasteiger partial charge in [0.1, 0.15) is 5.52 Å². The van der Waals surface area contributed by atoms with E-state index in [4.69, 9.17) is 17.3 Å². The molecule has 0 aliphatic heterocycles. The average molecular weight is 316 g/mol. The Labute approximate surface area is 124 Å². The van der Waals surface area contributed by atoms with Crippen molar-refractivity contribution in [1.29, 1.82) is 0 Å². The van der Waals surface area contributed by atoms with E-state index in [-0.39, 0.29) is 5.91 Å². The van der Waals surface area contributed by atoms with Crippen LogP contribution in [0.1, 0.15) is 6.42 Å². The Morgan fingerprint density at radius 2 is 2.42 bits per heavy atom. The standard InChI is InChI=1S/C12H14ClN3OS2/c1-18-5-4-8(14)12(17)16-10-7(13)2-3-9-11(10)15-6-19-9/h2-3,6,8H,4-5,14H2,1H3,(H,16,17)/t8-/m1/s1. The summed E-state index contributed by atoms with van der Waals surface area (Å²) >= 11 is 9.29. The number of thiazole rings is 1. The van der Waals surface area contributed by atoms with Crippen molar-refractivity contribution in [3.05, 3.63) is 22.7 Å². The van der Waals surface area contributed by atoms with Gasteiger partial charge in [0.25, 0.3) is 0 Å². The third-order valence-electron chi connectivity index (χ3n) is 2.67. The van der Waals surface area contributed by atoms with Crippen molar-refractivity contribution in [1.82, 2.24) is 4.98 Å². The number of benzene rings is 1. The van der Waals surface area contributed by atoms with E-state index < -0.39 is 6.04 Å². The molecule has 0 fully saturated rings. The molecule has 0 unspecified atom stereocenters. The molecule has 0 spiro atoms. The molecule has 7 heteroatoms. The first-order valence-electron chi connectivity index (χ1n) is 5.70. The molecule has 1 amide bonds. The van der Waals surface area contributed by atoms with E-state index in [1.807, 2.05) is 12.3 Å². The van der Waals surface area contributed by atoms with Crippen LogP contribution in [0, 0.1) is 0 Å². The molecule has 0 saturated carbocycles. The first-order chi connectivity index (χ1) is 9.13. The van der Waals surface area contributed by atoms with Gasteiger partial charge in [0.05, 0.1) is 27.0 Å². The summed E-state index contributed by atoms with van der Waals surface area (Å²) in [5, 5.41) is 3.26. The molecule has 1 heterocycles. The minimum Gasteiger partial charge on any atom is -0.322 e. The van der Waals surface area contributed by atoms with E-state index in [9.17, 15) is 4.79 Å². The molecule has 1 aromatic carbocycles. The van der Waals surface area contributed by atoms with E-state index in [2.05, 4.69) is 10.3 Å². The minimum absolute atomic E-state index is 0.226. The van der Waals surface area contributed by atoms with Gasteiger partial charge >= 0.3 is 0 Å². The molecular weight excluding hydrogens is 302 g/mol. The number of hydrogen-bond donors (Lipinski definition) is 2. The topological polar surface area (TPSA) is 68.0 Å². The number of halogens is 1. The first-order valence-corrected chi connectivity index (χ1v) is 8.35. The van der Waals surface area contributed by atoms with Crippen LogP contribution in [-0.2, 0) is 4.79 Å². The van der Waals surface area contributed by atoms with Gasteiger partial charge in [0.15, 0.2) is 0 Å². The lowest BCUT2D eigenvalue weighted by Crippen LogP contribution is -2.36. The number of carbonyl (C=O) groups excluding carboxylic acids is 1. The molecule has 4 nitrogen and oxygen atoms in total. The fourth-order valence-corrected chi connectivity index (χ4v) is 2.99. The number of carbonyl (C=O) groups is 1. The molecule has 0 saturated heterocycles. The molecule has 0 aliphatic carbocycles. The van der Waals surface area contributed by atoms with E-state index >= 15 is 0 Å². The SMILES string of the molecule is CSCC[C@@H](N)C(=O)Nc1c(Cl)ccc2scnc12. The summed E-state index contributed by atoms with van der Waals surface area (Å²) in [5.74, 6) is 0.625. The Bertz CT molecular complexity index is 587. The molecule has 0 aliphatic rings. The van der Waals surface area contributed by atoms with Crippen LogP contribution in [0.4, 0.5) is 5.69 Å². The molecule has 2 rings (SSSR count). The number of fused-ring (bicyclic) bond motifs is 1. The maximum Gasteiger partial charge on any atom is 0.241 e. The molecule has 1 aromatic heterocycles. The lowest BCUT2D eigenvalue weighted by Gasteiger charge is -2.13. The maximum absolute atomic E-state index is 12.0. The zero-order valence-electron chi connectivity index (χ0n) is 10.4. The van der Waals surface area contributed by atoms with Crippen LogP contribution in [0.15, 0.2) is 17.6 Å². The van der Waals surface area contributed by atoms with E-state index in [1.54, 1.807) is 23.3 Å². The van der Waals surface area contributed by atoms with Crippen LogP contribution in [0.5, 0.6) is 0 Å². The highest BCUT2D eigenvalue weighted by Crippen LogP contribution is 2.32. The zero-order chi connectivity index (χ0) is 13.8. The monoisotopic (exact) mass is 315 g/mol. The number of aromatic nitrogens is 1. The van der Waals surface area contributed by atoms with E-state index in [0.29, 0.717) is 22.6 Å². The number of nitrogens with one attached hydrogen (secondary N) is 1. The quantitative estimate of drug-likeness (QED) is 0.890. The number of rotatable bonds is 5. The molecule has 1 atom stereocenters. The Morgan fingerprint density at radius 3 is 3.16 bits per heavy atom. The summed E-state index contributed by atoms with van der Waals surface area (Å²) < 4.78 is 0.984. The smallest absolute Gasteiger partial charge is 0.241 e. The second-order valence-corrected chi connectivity index (χ2v) is 6.28. The number of hydrogen-bond acceptors (Lipinski definition) is 5. The molecule has 0 radical (unpaired) electrons. The molecule has 102 valence electrons. The van der Waals surface area contributed by atoms with Gasteiger partial charge in [-0.1, -0.05) is 11.6 Å². The van der Waals surface area contributed by atoms with Gasteiger partial charge < -0.3 is 11.1 Å². The summed E-state index contributed by atoms with van der Waals surface area (Å²) in [7, 11) is 0. The number of nitrogens with two attached hydrogens (primary N) is 1. The number of amides is 1. The van der Waals surface area contributed by atoms with Crippen LogP contribution < -0.4 is 11.1 Å². The van der Waals surface area contributed by atoms with Gasteiger partial charge in [0, 0.05) is 0 Å². The second-order valence-electron chi connectivity index (χ2n) is 4.00. The van der Waals surface area contributed by atoms with Gasteiger partial charge in [-0.05, 0) is 30.6 Å². The summed E-state index contributed by atoms with van der Waals surface area (Å²) in [6, 6.07) is 3.11. The van der Waals surface area contributed by atoms with Crippen LogP contribution in [0.25, 0.3) is 10.2 Å². The number of anilines is 1. The fourth-order valence-electron chi connectivity index (χ4n) is 1.62. The van der Waals surface area contributed by atoms with Crippen molar-refractivity contribution in [3.63, 3.8) is 0 Å². The molecule has 3 N–H and O–H groups in total. The van der Waals surface area contributed by atoms with Crippen molar-refractivity contribution in [2.45, 2.75) is 12.5 Å². The summed E-state index contributed by atoms with van der Waals surface area (Å²) in [6.07, 6.45) is 2.62. The summed E-state index contributed by atoms with van der Waals surface area (Å²) in [4.78, 5) is 16.2. The Balaban J connectivity index is 2.18. The summed E-state index contributed by atoms with van der Waals surface area (Å²) in [6.45, 7) is 0. The van der Waals surface area contributed by atoms with Crippen molar-refractivity contribution < 1.29 is 4.79 Å². The van der Waals surface area contributed by atoms with Gasteiger partial charge in [-0.25, -0.2) is 4.98 Å². The normalized spacial score (nSPS) is 12.6. The first kappa shape index (κ1) is 14.6. The second kappa shape index (κ2) is 6.56. The molecule has 2 aromatic rings. The fraction of sp³-hybridized carbons (Fsp3) is 0.333. The molecule has 0 bridgehead atoms. The third kappa shape index (κ3) is 3.39. The van der Waals surface area contributed by atoms with E-state index in [1.165, 1.54) is 11.3 Å². The Morgan fingerprint density at radius 1 is 1.63 bits per heavy atom. The predicted octanol–water partition coefficient (Wildman–Crippen LogP) is 2.97. The largest absolute Gasteiger partial charge is 0.322 e. The van der Waals surface area contributed by atoms with Gasteiger partial charge in [-0.15, -0.1) is 11.3 Å². The maximum atomic E-state index is 12.0. The average Bonchev–Trinajstić information content (AvgIpc) is 2.87. The molecular formula is C12H14ClN3OS2. The molecule has 19 heavy (non-hydrogen) atoms. The van der Waals surface area contributed by atoms with Crippen LogP contribution in [0.3, 0.4) is 0 Å². The highest BCUT2D eigenvalue weighted by Gasteiger charge is 2.17. The Kier molecular flexibility index (Phi) is 5.04. The zero-order valence-corrected chi connectivity index (χ0v) is 12.7. The number of nitrogens with zero attached hydrogens (tertiary/aromatic N) is 1. The van der Waals surface area contributed by atoms with Crippen LogP contribution >= 0.6 is 34.7 Å². The highest BCUT2D eigenvalue weighted by molar-refractivity contribution is 7.98. The van der Waals surface area contributed by atoms with Crippen molar-refractivity contribution >= 4 is 56.5 Å². The van der Waals surface area contributed by atoms with Crippen molar-refractivity contribution in [3.8, 4) is 0 Å². The van der Waals surface area contributed by atoms with E-state index in [0.717, 1.165) is 10.5 Å². The minimum atomic E-state index is -0.530. The summed E-state index contributed by atoms with van der Waals surface area (Å²) in [5.41, 5.74) is 8.82. The van der Waals surface area contributed by atoms with Crippen molar-refractivity contribution in [2.24, 2.45) is 5.73 Å². The van der Waals surface area contributed by atoms with Gasteiger partial charge in [-0.3, -0.25) is 4.79 Å². The lowest BCUT2D eigenvalue weighted by molar-refractivity contribution is -0.117. The van der Waals surface area contributed by atoms with Crippen LogP contribution in [0.2, 0.25) is 5.02 Å².